The summed E-state index contributed by atoms with van der Waals surface area (Å²) in [5, 5.41) is 9.18. The van der Waals surface area contributed by atoms with E-state index in [4.69, 9.17) is 4.74 Å². The van der Waals surface area contributed by atoms with E-state index in [9.17, 15) is 14.7 Å². The molecule has 0 rings (SSSR count). The maximum absolute atomic E-state index is 12.2. The Hall–Kier alpha value is -2.62. The zero-order valence-electron chi connectivity index (χ0n) is 26.3. The lowest BCUT2D eigenvalue weighted by molar-refractivity contribution is -0.153. The number of carbonyl (C=O) groups excluding carboxylic acids is 1. The van der Waals surface area contributed by atoms with Gasteiger partial charge in [0, 0.05) is 6.42 Å². The van der Waals surface area contributed by atoms with Gasteiger partial charge in [0.15, 0.2) is 0 Å². The average Bonchev–Trinajstić information content (AvgIpc) is 2.95. The summed E-state index contributed by atoms with van der Waals surface area (Å²) in [5.41, 5.74) is 0. The molecule has 0 aliphatic heterocycles. The fraction of sp³-hybridized carbons (Fsp3) is 0.622. The van der Waals surface area contributed by atoms with Crippen LogP contribution in [-0.2, 0) is 14.3 Å². The van der Waals surface area contributed by atoms with Crippen molar-refractivity contribution in [2.24, 2.45) is 0 Å². The van der Waals surface area contributed by atoms with Crippen molar-refractivity contribution < 1.29 is 19.4 Å². The molecule has 1 N–H and O–H groups in total. The number of allylic oxidation sites excluding steroid dienone is 12. The summed E-state index contributed by atoms with van der Waals surface area (Å²) in [4.78, 5) is 23.4. The van der Waals surface area contributed by atoms with Gasteiger partial charge in [0.1, 0.15) is 6.10 Å². The molecule has 0 aromatic carbocycles. The van der Waals surface area contributed by atoms with E-state index in [-0.39, 0.29) is 18.8 Å². The highest BCUT2D eigenvalue weighted by molar-refractivity contribution is 5.71. The molecule has 0 heterocycles. The van der Waals surface area contributed by atoms with E-state index >= 15 is 0 Å². The molecule has 0 aliphatic rings. The molecule has 232 valence electrons. The Morgan fingerprint density at radius 1 is 0.585 bits per heavy atom. The number of hydrogen-bond acceptors (Lipinski definition) is 3. The standard InChI is InChI=1S/C37H60O4/c1-3-5-7-9-11-13-15-16-17-18-19-20-21-22-23-25-27-29-31-33-37(40)41-35(34-36(38)39)32-30-28-26-24-14-12-10-8-6-4-2/h5,7,11,13,16-17,19-20,22-23,27,29,35H,3-4,6,8-10,12,14-15,18,21,24-26,28,30-34H2,1-2H3,(H,38,39)/b7-5-,13-11-,17-16-,20-19-,23-22-,29-27-. The number of carboxylic acids is 1. The number of hydrogen-bond donors (Lipinski definition) is 1. The van der Waals surface area contributed by atoms with E-state index in [1.807, 2.05) is 6.08 Å². The molecule has 41 heavy (non-hydrogen) atoms. The average molecular weight is 569 g/mol. The molecule has 0 aliphatic carbocycles. The predicted octanol–water partition coefficient (Wildman–Crippen LogP) is 11.2. The molecule has 0 aromatic heterocycles. The molecule has 0 amide bonds. The number of unbranched alkanes of at least 4 members (excludes halogenated alkanes) is 9. The van der Waals surface area contributed by atoms with Crippen molar-refractivity contribution in [3.05, 3.63) is 72.9 Å². The van der Waals surface area contributed by atoms with Crippen molar-refractivity contribution in [2.75, 3.05) is 0 Å². The molecule has 0 fully saturated rings. The van der Waals surface area contributed by atoms with Gasteiger partial charge in [-0.2, -0.15) is 0 Å². The molecule has 0 aromatic rings. The number of ether oxygens (including phenoxy) is 1. The third-order valence-electron chi connectivity index (χ3n) is 6.69. The Morgan fingerprint density at radius 2 is 1.00 bits per heavy atom. The highest BCUT2D eigenvalue weighted by Gasteiger charge is 2.17. The number of rotatable bonds is 28. The first-order valence-corrected chi connectivity index (χ1v) is 16.4. The normalized spacial score (nSPS) is 13.2. The van der Waals surface area contributed by atoms with Crippen molar-refractivity contribution in [1.29, 1.82) is 0 Å². The molecule has 1 unspecified atom stereocenters. The van der Waals surface area contributed by atoms with Crippen molar-refractivity contribution in [1.82, 2.24) is 0 Å². The van der Waals surface area contributed by atoms with Gasteiger partial charge >= 0.3 is 11.9 Å². The molecule has 0 saturated heterocycles. The van der Waals surface area contributed by atoms with Gasteiger partial charge in [-0.05, 0) is 57.8 Å². The van der Waals surface area contributed by atoms with E-state index in [1.165, 1.54) is 51.4 Å². The van der Waals surface area contributed by atoms with Gasteiger partial charge in [-0.25, -0.2) is 0 Å². The van der Waals surface area contributed by atoms with E-state index in [0.717, 1.165) is 51.4 Å². The van der Waals surface area contributed by atoms with Gasteiger partial charge in [-0.15, -0.1) is 0 Å². The van der Waals surface area contributed by atoms with Gasteiger partial charge in [0.25, 0.3) is 0 Å². The second-order valence-corrected chi connectivity index (χ2v) is 10.6. The third-order valence-corrected chi connectivity index (χ3v) is 6.69. The van der Waals surface area contributed by atoms with Crippen LogP contribution in [0.4, 0.5) is 0 Å². The van der Waals surface area contributed by atoms with Gasteiger partial charge < -0.3 is 9.84 Å². The van der Waals surface area contributed by atoms with Crippen LogP contribution < -0.4 is 0 Å². The van der Waals surface area contributed by atoms with Gasteiger partial charge in [-0.3, -0.25) is 9.59 Å². The van der Waals surface area contributed by atoms with Crippen molar-refractivity contribution in [3.8, 4) is 0 Å². The highest BCUT2D eigenvalue weighted by atomic mass is 16.5. The van der Waals surface area contributed by atoms with E-state index in [1.54, 1.807) is 0 Å². The van der Waals surface area contributed by atoms with Crippen LogP contribution in [0.3, 0.4) is 0 Å². The lowest BCUT2D eigenvalue weighted by Crippen LogP contribution is -2.21. The summed E-state index contributed by atoms with van der Waals surface area (Å²) in [6, 6.07) is 0. The Kier molecular flexibility index (Phi) is 29.9. The van der Waals surface area contributed by atoms with Crippen LogP contribution in [-0.4, -0.2) is 23.1 Å². The van der Waals surface area contributed by atoms with Crippen molar-refractivity contribution in [2.45, 2.75) is 148 Å². The fourth-order valence-corrected chi connectivity index (χ4v) is 4.34. The SMILES string of the molecule is CC/C=C\C/C=C\C/C=C\C/C=C\C/C=C\C/C=C\CCC(=O)OC(CCCCCCCCCCCC)CC(=O)O. The molecule has 0 saturated carbocycles. The first kappa shape index (κ1) is 38.4. The Balaban J connectivity index is 3.89. The second kappa shape index (κ2) is 31.9. The van der Waals surface area contributed by atoms with E-state index < -0.39 is 12.1 Å². The van der Waals surface area contributed by atoms with Crippen LogP contribution >= 0.6 is 0 Å². The summed E-state index contributed by atoms with van der Waals surface area (Å²) in [6.07, 6.45) is 44.9. The summed E-state index contributed by atoms with van der Waals surface area (Å²) in [5.74, 6) is -1.21. The maximum atomic E-state index is 12.2. The summed E-state index contributed by atoms with van der Waals surface area (Å²) >= 11 is 0. The van der Waals surface area contributed by atoms with Crippen LogP contribution in [0.1, 0.15) is 142 Å². The van der Waals surface area contributed by atoms with Crippen LogP contribution in [0.15, 0.2) is 72.9 Å². The molecule has 1 atom stereocenters. The number of esters is 1. The fourth-order valence-electron chi connectivity index (χ4n) is 4.34. The highest BCUT2D eigenvalue weighted by Crippen LogP contribution is 2.15. The van der Waals surface area contributed by atoms with Gasteiger partial charge in [-0.1, -0.05) is 145 Å². The number of carbonyl (C=O) groups is 2. The topological polar surface area (TPSA) is 63.6 Å². The van der Waals surface area contributed by atoms with Crippen LogP contribution in [0.5, 0.6) is 0 Å². The quantitative estimate of drug-likeness (QED) is 0.0579. The Bertz CT molecular complexity index is 785. The lowest BCUT2D eigenvalue weighted by Gasteiger charge is -2.16. The minimum Gasteiger partial charge on any atom is -0.481 e. The molecule has 0 bridgehead atoms. The smallest absolute Gasteiger partial charge is 0.307 e. The Labute approximate surface area is 252 Å². The minimum atomic E-state index is -0.910. The van der Waals surface area contributed by atoms with Crippen LogP contribution in [0, 0.1) is 0 Å². The van der Waals surface area contributed by atoms with Gasteiger partial charge in [0.2, 0.25) is 0 Å². The zero-order chi connectivity index (χ0) is 30.1. The van der Waals surface area contributed by atoms with E-state index in [2.05, 4.69) is 80.7 Å². The van der Waals surface area contributed by atoms with Crippen molar-refractivity contribution >= 4 is 11.9 Å². The first-order chi connectivity index (χ1) is 20.1. The molecule has 0 radical (unpaired) electrons. The molecular formula is C37H60O4. The first-order valence-electron chi connectivity index (χ1n) is 16.4. The Morgan fingerprint density at radius 3 is 1.44 bits per heavy atom. The zero-order valence-corrected chi connectivity index (χ0v) is 26.3. The summed E-state index contributed by atoms with van der Waals surface area (Å²) < 4.78 is 5.50. The maximum Gasteiger partial charge on any atom is 0.307 e. The molecule has 0 spiro atoms. The van der Waals surface area contributed by atoms with Crippen molar-refractivity contribution in [3.63, 3.8) is 0 Å². The minimum absolute atomic E-state index is 0.108. The monoisotopic (exact) mass is 568 g/mol. The number of aliphatic carboxylic acids is 1. The van der Waals surface area contributed by atoms with Crippen LogP contribution in [0.25, 0.3) is 0 Å². The summed E-state index contributed by atoms with van der Waals surface area (Å²) in [6.45, 7) is 4.39. The van der Waals surface area contributed by atoms with Gasteiger partial charge in [0.05, 0.1) is 6.42 Å². The van der Waals surface area contributed by atoms with E-state index in [0.29, 0.717) is 12.8 Å². The predicted molar refractivity (Wildman–Crippen MR) is 176 cm³/mol. The molecule has 4 heteroatoms. The van der Waals surface area contributed by atoms with Crippen LogP contribution in [0.2, 0.25) is 0 Å². The largest absolute Gasteiger partial charge is 0.481 e. The lowest BCUT2D eigenvalue weighted by atomic mass is 10.0. The third kappa shape index (κ3) is 31.8. The number of carboxylic acid groups (broad SMARTS) is 1. The second-order valence-electron chi connectivity index (χ2n) is 10.6. The molecule has 4 nitrogen and oxygen atoms in total. The molecular weight excluding hydrogens is 508 g/mol. The summed E-state index contributed by atoms with van der Waals surface area (Å²) in [7, 11) is 0.